The predicted octanol–water partition coefficient (Wildman–Crippen LogP) is 3.35. The Kier molecular flexibility index (Phi) is 4.83. The van der Waals surface area contributed by atoms with Crippen LogP contribution >= 0.6 is 0 Å². The van der Waals surface area contributed by atoms with Gasteiger partial charge in [0.05, 0.1) is 10.5 Å². The lowest BCUT2D eigenvalue weighted by atomic mass is 10.1. The van der Waals surface area contributed by atoms with Crippen LogP contribution in [-0.4, -0.2) is 58.0 Å². The minimum atomic E-state index is -4.74. The average molecular weight is 502 g/mol. The van der Waals surface area contributed by atoms with E-state index in [-0.39, 0.29) is 28.4 Å². The van der Waals surface area contributed by atoms with Gasteiger partial charge in [0, 0.05) is 37.6 Å². The normalized spacial score (nSPS) is 20.7. The molecule has 0 radical (unpaired) electrons. The van der Waals surface area contributed by atoms with Gasteiger partial charge >= 0.3 is 12.1 Å². The Balaban J connectivity index is 1.19. The van der Waals surface area contributed by atoms with Gasteiger partial charge in [0.15, 0.2) is 0 Å². The zero-order chi connectivity index (χ0) is 24.4. The van der Waals surface area contributed by atoms with E-state index in [2.05, 4.69) is 24.6 Å². The van der Waals surface area contributed by atoms with Crippen molar-refractivity contribution in [2.75, 3.05) is 18.0 Å². The lowest BCUT2D eigenvalue weighted by Crippen LogP contribution is -2.49. The molecule has 35 heavy (non-hydrogen) atoms. The van der Waals surface area contributed by atoms with Crippen molar-refractivity contribution >= 4 is 26.7 Å². The third-order valence-corrected chi connectivity index (χ3v) is 8.25. The van der Waals surface area contributed by atoms with Crippen LogP contribution in [0, 0.1) is 0 Å². The molecule has 2 aromatic heterocycles. The maximum absolute atomic E-state index is 13.4. The van der Waals surface area contributed by atoms with E-state index in [4.69, 9.17) is 0 Å². The number of sulfonamides is 1. The maximum atomic E-state index is 13.4. The third-order valence-electron chi connectivity index (χ3n) is 6.34. The molecule has 2 atom stereocenters. The van der Waals surface area contributed by atoms with Crippen LogP contribution in [0.4, 0.5) is 19.1 Å². The maximum Gasteiger partial charge on any atom is 0.471 e. The van der Waals surface area contributed by atoms with E-state index in [1.165, 1.54) is 16.7 Å². The number of fused-ring (bicyclic) bond motifs is 3. The summed E-state index contributed by atoms with van der Waals surface area (Å²) in [5.41, 5.74) is 0.179. The number of hydrogen-bond acceptors (Lipinski definition) is 8. The number of rotatable bonds is 4. The first-order valence-electron chi connectivity index (χ1n) is 10.7. The number of hydrogen-bond donors (Lipinski definition) is 0. The second-order valence-electron chi connectivity index (χ2n) is 8.47. The fraction of sp³-hybridized carbons (Fsp3) is 0.273. The molecule has 4 heterocycles. The van der Waals surface area contributed by atoms with Crippen molar-refractivity contribution in [1.29, 1.82) is 0 Å². The van der Waals surface area contributed by atoms with Crippen LogP contribution in [0.5, 0.6) is 0 Å². The lowest BCUT2D eigenvalue weighted by molar-refractivity contribution is -0.159. The van der Waals surface area contributed by atoms with Gasteiger partial charge in [0.25, 0.3) is 0 Å². The highest BCUT2D eigenvalue weighted by molar-refractivity contribution is 7.89. The van der Waals surface area contributed by atoms with E-state index in [1.54, 1.807) is 18.2 Å². The zero-order valence-electron chi connectivity index (χ0n) is 17.9. The number of halogens is 3. The van der Waals surface area contributed by atoms with Gasteiger partial charge in [-0.3, -0.25) is 0 Å². The van der Waals surface area contributed by atoms with Crippen LogP contribution < -0.4 is 4.90 Å². The monoisotopic (exact) mass is 502 g/mol. The number of anilines is 1. The van der Waals surface area contributed by atoms with Gasteiger partial charge in [-0.1, -0.05) is 35.5 Å². The van der Waals surface area contributed by atoms with Crippen LogP contribution in [0.2, 0.25) is 0 Å². The summed E-state index contributed by atoms with van der Waals surface area (Å²) in [5, 5.41) is 5.16. The molecular weight excluding hydrogens is 485 g/mol. The summed E-state index contributed by atoms with van der Waals surface area (Å²) in [5.74, 6) is -1.34. The van der Waals surface area contributed by atoms with Gasteiger partial charge < -0.3 is 9.42 Å². The van der Waals surface area contributed by atoms with E-state index >= 15 is 0 Å². The Labute approximate surface area is 197 Å². The zero-order valence-corrected chi connectivity index (χ0v) is 18.7. The number of aromatic nitrogens is 4. The molecule has 0 N–H and O–H groups in total. The Morgan fingerprint density at radius 2 is 1.71 bits per heavy atom. The van der Waals surface area contributed by atoms with Gasteiger partial charge in [-0.15, -0.1) is 0 Å². The molecule has 6 rings (SSSR count). The number of nitrogens with zero attached hydrogens (tertiary/aromatic N) is 6. The molecule has 0 amide bonds. The molecule has 2 aliphatic heterocycles. The van der Waals surface area contributed by atoms with E-state index in [1.807, 2.05) is 29.2 Å². The smallest absolute Gasteiger partial charge is 0.335 e. The van der Waals surface area contributed by atoms with Crippen molar-refractivity contribution < 1.29 is 26.1 Å². The molecule has 2 fully saturated rings. The van der Waals surface area contributed by atoms with Crippen molar-refractivity contribution in [3.05, 3.63) is 60.7 Å². The fourth-order valence-corrected chi connectivity index (χ4v) is 6.37. The first-order valence-corrected chi connectivity index (χ1v) is 12.1. The predicted molar refractivity (Wildman–Crippen MR) is 118 cm³/mol. The summed E-state index contributed by atoms with van der Waals surface area (Å²) >= 11 is 0. The van der Waals surface area contributed by atoms with Crippen LogP contribution in [-0.2, 0) is 16.2 Å². The third kappa shape index (κ3) is 3.71. The largest absolute Gasteiger partial charge is 0.471 e. The Bertz CT molecular complexity index is 1520. The second kappa shape index (κ2) is 7.71. The van der Waals surface area contributed by atoms with Crippen molar-refractivity contribution in [2.24, 2.45) is 0 Å². The molecular formula is C22H17F3N6O3S. The molecule has 0 unspecified atom stereocenters. The molecule has 2 bridgehead atoms. The summed E-state index contributed by atoms with van der Waals surface area (Å²) in [6.07, 6.45) is -1.45. The van der Waals surface area contributed by atoms with Crippen molar-refractivity contribution in [3.8, 4) is 11.4 Å². The second-order valence-corrected chi connectivity index (χ2v) is 10.4. The minimum Gasteiger partial charge on any atom is -0.335 e. The molecule has 0 aliphatic carbocycles. The molecule has 180 valence electrons. The number of benzene rings is 2. The van der Waals surface area contributed by atoms with Gasteiger partial charge in [-0.2, -0.15) is 22.5 Å². The van der Waals surface area contributed by atoms with Gasteiger partial charge in [-0.05, 0) is 29.3 Å². The first-order chi connectivity index (χ1) is 16.7. The van der Waals surface area contributed by atoms with Crippen LogP contribution in [0.25, 0.3) is 22.2 Å². The average Bonchev–Trinajstić information content (AvgIpc) is 3.60. The lowest BCUT2D eigenvalue weighted by Gasteiger charge is -2.33. The highest BCUT2D eigenvalue weighted by Gasteiger charge is 2.49. The number of alkyl halides is 3. The van der Waals surface area contributed by atoms with Crippen LogP contribution in [0.15, 0.2) is 64.3 Å². The molecule has 13 heteroatoms. The van der Waals surface area contributed by atoms with Crippen LogP contribution in [0.1, 0.15) is 12.3 Å². The fourth-order valence-electron chi connectivity index (χ4n) is 4.67. The Hall–Kier alpha value is -3.58. The minimum absolute atomic E-state index is 0.108. The molecule has 0 saturated carbocycles. The van der Waals surface area contributed by atoms with Crippen molar-refractivity contribution in [1.82, 2.24) is 24.4 Å². The van der Waals surface area contributed by atoms with E-state index < -0.39 is 22.1 Å². The first kappa shape index (κ1) is 21.9. The van der Waals surface area contributed by atoms with Gasteiger partial charge in [0.1, 0.15) is 0 Å². The molecule has 2 aliphatic rings. The SMILES string of the molecule is O=S(=O)(c1ccc2ccccc2c1)N1C[C@@H]2C[C@H]1CN2c1ncc(-c2noc(C(F)(F)F)n2)cn1. The highest BCUT2D eigenvalue weighted by atomic mass is 32.2. The summed E-state index contributed by atoms with van der Waals surface area (Å²) < 4.78 is 70.5. The Morgan fingerprint density at radius 3 is 2.37 bits per heavy atom. The van der Waals surface area contributed by atoms with E-state index in [0.29, 0.717) is 25.5 Å². The standard InChI is InChI=1S/C22H17F3N6O3S/c23-22(24,25)20-28-19(29-34-20)15-9-26-21(27-10-15)30-11-17-8-16(30)12-31(17)35(32,33)18-6-5-13-3-1-2-4-14(13)7-18/h1-7,9-10,16-17H,8,11-12H2/t16-,17-/m0/s1. The van der Waals surface area contributed by atoms with E-state index in [0.717, 1.165) is 10.8 Å². The topological polar surface area (TPSA) is 105 Å². The molecule has 2 saturated heterocycles. The molecule has 4 aromatic rings. The van der Waals surface area contributed by atoms with Gasteiger partial charge in [0.2, 0.25) is 21.8 Å². The quantitative estimate of drug-likeness (QED) is 0.419. The van der Waals surface area contributed by atoms with Crippen LogP contribution in [0.3, 0.4) is 0 Å². The van der Waals surface area contributed by atoms with E-state index in [9.17, 15) is 21.6 Å². The Morgan fingerprint density at radius 1 is 0.971 bits per heavy atom. The van der Waals surface area contributed by atoms with Crippen molar-refractivity contribution in [3.63, 3.8) is 0 Å². The highest BCUT2D eigenvalue weighted by Crippen LogP contribution is 2.37. The summed E-state index contributed by atoms with van der Waals surface area (Å²) in [6.45, 7) is 0.710. The number of piperazine rings is 1. The van der Waals surface area contributed by atoms with Crippen molar-refractivity contribution in [2.45, 2.75) is 29.6 Å². The summed E-state index contributed by atoms with van der Waals surface area (Å²) in [6, 6.07) is 12.4. The molecule has 0 spiro atoms. The summed E-state index contributed by atoms with van der Waals surface area (Å²) in [7, 11) is -3.67. The van der Waals surface area contributed by atoms with Gasteiger partial charge in [-0.25, -0.2) is 18.4 Å². The summed E-state index contributed by atoms with van der Waals surface area (Å²) in [4.78, 5) is 14.0. The molecule has 9 nitrogen and oxygen atoms in total. The molecule has 2 aromatic carbocycles.